The number of hydrogen-bond donors (Lipinski definition) is 1. The van der Waals surface area contributed by atoms with Crippen LogP contribution in [0.4, 0.5) is 17.1 Å². The number of nitrogens with one attached hydrogen (secondary N) is 1. The lowest BCUT2D eigenvalue weighted by molar-refractivity contribution is 1.28. The van der Waals surface area contributed by atoms with Gasteiger partial charge < -0.3 is 9.88 Å². The molecule has 2 nitrogen and oxygen atoms in total. The van der Waals surface area contributed by atoms with Crippen molar-refractivity contribution < 1.29 is 0 Å². The molecule has 0 amide bonds. The number of rotatable bonds is 7. The topological polar surface area (TPSA) is 19.0 Å². The zero-order chi connectivity index (χ0) is 30.7. The lowest BCUT2D eigenvalue weighted by Crippen LogP contribution is -2.09. The van der Waals surface area contributed by atoms with E-state index in [1.165, 1.54) is 44.3 Å². The van der Waals surface area contributed by atoms with Crippen molar-refractivity contribution in [3.05, 3.63) is 188 Å². The average Bonchev–Trinajstić information content (AvgIpc) is 3.58. The van der Waals surface area contributed by atoms with Gasteiger partial charge in [-0.25, -0.2) is 0 Å². The number of H-pyrrole nitrogens is 1. The highest BCUT2D eigenvalue weighted by Gasteiger charge is 2.15. The van der Waals surface area contributed by atoms with Crippen molar-refractivity contribution in [2.45, 2.75) is 0 Å². The number of para-hydroxylation sites is 3. The van der Waals surface area contributed by atoms with Gasteiger partial charge in [-0.2, -0.15) is 0 Å². The minimum atomic E-state index is 1.12. The van der Waals surface area contributed by atoms with Gasteiger partial charge in [-0.1, -0.05) is 140 Å². The second kappa shape index (κ2) is 12.1. The maximum atomic E-state index is 3.56. The Hall–Kier alpha value is -6.12. The van der Waals surface area contributed by atoms with Crippen molar-refractivity contribution in [2.75, 3.05) is 4.90 Å². The van der Waals surface area contributed by atoms with Crippen molar-refractivity contribution >= 4 is 28.0 Å². The summed E-state index contributed by atoms with van der Waals surface area (Å²) in [4.78, 5) is 5.86. The van der Waals surface area contributed by atoms with E-state index in [1.807, 2.05) is 0 Å². The summed E-state index contributed by atoms with van der Waals surface area (Å²) in [5.74, 6) is 0. The van der Waals surface area contributed by atoms with Crippen LogP contribution >= 0.6 is 0 Å². The van der Waals surface area contributed by atoms with Crippen LogP contribution in [0.5, 0.6) is 0 Å². The number of anilines is 3. The first kappa shape index (κ1) is 27.4. The third kappa shape index (κ3) is 5.27. The molecule has 218 valence electrons. The molecule has 46 heavy (non-hydrogen) atoms. The van der Waals surface area contributed by atoms with E-state index < -0.39 is 0 Å². The molecular weight excluding hydrogens is 556 g/mol. The van der Waals surface area contributed by atoms with Gasteiger partial charge in [-0.05, 0) is 87.5 Å². The highest BCUT2D eigenvalue weighted by molar-refractivity contribution is 5.93. The highest BCUT2D eigenvalue weighted by Crippen LogP contribution is 2.40. The van der Waals surface area contributed by atoms with Crippen LogP contribution in [0.15, 0.2) is 188 Å². The van der Waals surface area contributed by atoms with Crippen LogP contribution in [0.1, 0.15) is 0 Å². The molecule has 7 aromatic carbocycles. The van der Waals surface area contributed by atoms with Crippen molar-refractivity contribution in [1.82, 2.24) is 4.98 Å². The molecule has 8 aromatic rings. The normalized spacial score (nSPS) is 11.0. The average molecular weight is 589 g/mol. The Morgan fingerprint density at radius 3 is 1.28 bits per heavy atom. The van der Waals surface area contributed by atoms with Gasteiger partial charge in [0.1, 0.15) is 0 Å². The summed E-state index contributed by atoms with van der Waals surface area (Å²) in [6.45, 7) is 0. The number of fused-ring (bicyclic) bond motifs is 1. The monoisotopic (exact) mass is 588 g/mol. The maximum Gasteiger partial charge on any atom is 0.0464 e. The molecule has 0 bridgehead atoms. The molecule has 1 heterocycles. The molecule has 1 aromatic heterocycles. The van der Waals surface area contributed by atoms with Gasteiger partial charge in [0.2, 0.25) is 0 Å². The van der Waals surface area contributed by atoms with Gasteiger partial charge in [0.25, 0.3) is 0 Å². The van der Waals surface area contributed by atoms with Gasteiger partial charge in [-0.3, -0.25) is 0 Å². The van der Waals surface area contributed by atoms with Crippen LogP contribution in [0, 0.1) is 0 Å². The molecule has 0 saturated carbocycles. The van der Waals surface area contributed by atoms with Crippen LogP contribution < -0.4 is 4.90 Å². The SMILES string of the molecule is c1ccc(N(c2ccccc2)c2ccc(-c3ccccc3-c3ccccc3-c3ccc(-c4cc5ccccc5[nH]4)cc3)cc2)cc1. The number of benzene rings is 7. The molecule has 8 rings (SSSR count). The van der Waals surface area contributed by atoms with E-state index >= 15 is 0 Å². The molecule has 1 N–H and O–H groups in total. The highest BCUT2D eigenvalue weighted by atomic mass is 15.1. The number of aromatic amines is 1. The fourth-order valence-electron chi connectivity index (χ4n) is 6.39. The first-order chi connectivity index (χ1) is 22.8. The lowest BCUT2D eigenvalue weighted by atomic mass is 9.89. The maximum absolute atomic E-state index is 3.56. The summed E-state index contributed by atoms with van der Waals surface area (Å²) in [6.07, 6.45) is 0. The summed E-state index contributed by atoms with van der Waals surface area (Å²) in [6, 6.07) is 67.0. The van der Waals surface area contributed by atoms with E-state index in [9.17, 15) is 0 Å². The van der Waals surface area contributed by atoms with Crippen molar-refractivity contribution in [2.24, 2.45) is 0 Å². The molecule has 0 saturated heterocycles. The van der Waals surface area contributed by atoms with Crippen LogP contribution in [0.2, 0.25) is 0 Å². The van der Waals surface area contributed by atoms with E-state index in [-0.39, 0.29) is 0 Å². The summed E-state index contributed by atoms with van der Waals surface area (Å²) in [7, 11) is 0. The predicted molar refractivity (Wildman–Crippen MR) is 195 cm³/mol. The molecule has 0 atom stereocenters. The number of aromatic nitrogens is 1. The zero-order valence-electron chi connectivity index (χ0n) is 25.3. The lowest BCUT2D eigenvalue weighted by Gasteiger charge is -2.25. The van der Waals surface area contributed by atoms with Crippen molar-refractivity contribution in [3.8, 4) is 44.6 Å². The Bertz CT molecular complexity index is 2160. The van der Waals surface area contributed by atoms with E-state index in [1.54, 1.807) is 0 Å². The minimum absolute atomic E-state index is 1.12. The number of hydrogen-bond acceptors (Lipinski definition) is 1. The van der Waals surface area contributed by atoms with E-state index in [0.717, 1.165) is 28.3 Å². The van der Waals surface area contributed by atoms with Gasteiger partial charge in [0.05, 0.1) is 0 Å². The summed E-state index contributed by atoms with van der Waals surface area (Å²) in [5, 5.41) is 1.23. The van der Waals surface area contributed by atoms with E-state index in [0.29, 0.717) is 0 Å². The Balaban J connectivity index is 1.14. The molecule has 0 aliphatic heterocycles. The predicted octanol–water partition coefficient (Wildman–Crippen LogP) is 12.3. The van der Waals surface area contributed by atoms with Crippen LogP contribution in [0.3, 0.4) is 0 Å². The largest absolute Gasteiger partial charge is 0.355 e. The van der Waals surface area contributed by atoms with Gasteiger partial charge in [0, 0.05) is 33.7 Å². The second-order valence-electron chi connectivity index (χ2n) is 11.5. The van der Waals surface area contributed by atoms with Crippen molar-refractivity contribution in [3.63, 3.8) is 0 Å². The fourth-order valence-corrected chi connectivity index (χ4v) is 6.39. The first-order valence-electron chi connectivity index (χ1n) is 15.7. The fraction of sp³-hybridized carbons (Fsp3) is 0. The van der Waals surface area contributed by atoms with Gasteiger partial charge in [-0.15, -0.1) is 0 Å². The van der Waals surface area contributed by atoms with E-state index in [4.69, 9.17) is 0 Å². The Kier molecular flexibility index (Phi) is 7.22. The van der Waals surface area contributed by atoms with Crippen LogP contribution in [-0.4, -0.2) is 4.98 Å². The third-order valence-electron chi connectivity index (χ3n) is 8.65. The van der Waals surface area contributed by atoms with Crippen LogP contribution in [-0.2, 0) is 0 Å². The quantitative estimate of drug-likeness (QED) is 0.196. The summed E-state index contributed by atoms with van der Waals surface area (Å²) < 4.78 is 0. The Morgan fingerprint density at radius 1 is 0.326 bits per heavy atom. The molecule has 0 spiro atoms. The first-order valence-corrected chi connectivity index (χ1v) is 15.7. The van der Waals surface area contributed by atoms with Crippen molar-refractivity contribution in [1.29, 1.82) is 0 Å². The molecular formula is C44H32N2. The van der Waals surface area contributed by atoms with E-state index in [2.05, 4.69) is 198 Å². The summed E-state index contributed by atoms with van der Waals surface area (Å²) in [5.41, 5.74) is 14.1. The summed E-state index contributed by atoms with van der Waals surface area (Å²) >= 11 is 0. The molecule has 0 aliphatic rings. The Labute approximate surface area is 269 Å². The number of nitrogens with zero attached hydrogens (tertiary/aromatic N) is 1. The molecule has 0 unspecified atom stereocenters. The molecule has 0 fully saturated rings. The molecule has 0 radical (unpaired) electrons. The Morgan fingerprint density at radius 2 is 0.739 bits per heavy atom. The van der Waals surface area contributed by atoms with Crippen LogP contribution in [0.25, 0.3) is 55.5 Å². The second-order valence-corrected chi connectivity index (χ2v) is 11.5. The van der Waals surface area contributed by atoms with Gasteiger partial charge >= 0.3 is 0 Å². The minimum Gasteiger partial charge on any atom is -0.355 e. The smallest absolute Gasteiger partial charge is 0.0464 e. The zero-order valence-corrected chi connectivity index (χ0v) is 25.3. The molecule has 0 aliphatic carbocycles. The van der Waals surface area contributed by atoms with Gasteiger partial charge in [0.15, 0.2) is 0 Å². The third-order valence-corrected chi connectivity index (χ3v) is 8.65. The standard InChI is InChI=1S/C44H32N2/c1-3-14-36(15-4-1)46(37-16-5-2-6-17-37)38-29-27-33(28-30-38)40-19-9-11-21-42(40)41-20-10-8-18-39(41)32-23-25-34(26-24-32)44-31-35-13-7-12-22-43(35)45-44/h1-31,45H. The molecule has 2 heteroatoms.